The van der Waals surface area contributed by atoms with Crippen LogP contribution in [0.25, 0.3) is 0 Å². The van der Waals surface area contributed by atoms with E-state index in [1.807, 2.05) is 62.4 Å². The molecule has 0 aromatic heterocycles. The molecule has 0 bridgehead atoms. The van der Waals surface area contributed by atoms with Gasteiger partial charge >= 0.3 is 0 Å². The summed E-state index contributed by atoms with van der Waals surface area (Å²) in [5.41, 5.74) is 3.57. The van der Waals surface area contributed by atoms with Crippen LogP contribution in [0.15, 0.2) is 59.6 Å². The standard InChI is InChI=1S/C23H20Cl3NO2/c1-3-28-22-11-17(13-27-21-12-19(25)8-7-15(21)2)10-20(26)23(22)29-14-16-5-4-6-18(24)9-16/h4-13H,3,14H2,1-2H3. The maximum Gasteiger partial charge on any atom is 0.180 e. The molecule has 3 aromatic carbocycles. The lowest BCUT2D eigenvalue weighted by molar-refractivity contribution is 0.269. The zero-order chi connectivity index (χ0) is 20.8. The van der Waals surface area contributed by atoms with Crippen LogP contribution in [0.2, 0.25) is 15.1 Å². The molecule has 150 valence electrons. The van der Waals surface area contributed by atoms with Gasteiger partial charge in [-0.3, -0.25) is 4.99 Å². The zero-order valence-electron chi connectivity index (χ0n) is 16.1. The third-order valence-corrected chi connectivity index (χ3v) is 4.88. The Morgan fingerprint density at radius 1 is 0.931 bits per heavy atom. The van der Waals surface area contributed by atoms with Gasteiger partial charge in [0.2, 0.25) is 0 Å². The molecule has 0 heterocycles. The van der Waals surface area contributed by atoms with Gasteiger partial charge < -0.3 is 9.47 Å². The highest BCUT2D eigenvalue weighted by molar-refractivity contribution is 6.32. The van der Waals surface area contributed by atoms with Gasteiger partial charge in [-0.25, -0.2) is 0 Å². The summed E-state index contributed by atoms with van der Waals surface area (Å²) < 4.78 is 11.7. The molecule has 0 aliphatic heterocycles. The van der Waals surface area contributed by atoms with E-state index in [2.05, 4.69) is 4.99 Å². The van der Waals surface area contributed by atoms with E-state index in [4.69, 9.17) is 44.3 Å². The first-order valence-corrected chi connectivity index (χ1v) is 10.2. The Balaban J connectivity index is 1.85. The van der Waals surface area contributed by atoms with Crippen molar-refractivity contribution in [3.05, 3.63) is 86.4 Å². The van der Waals surface area contributed by atoms with Gasteiger partial charge in [-0.05, 0) is 66.9 Å². The van der Waals surface area contributed by atoms with Crippen LogP contribution in [-0.2, 0) is 6.61 Å². The van der Waals surface area contributed by atoms with Crippen LogP contribution in [0.3, 0.4) is 0 Å². The summed E-state index contributed by atoms with van der Waals surface area (Å²) in [6, 6.07) is 16.7. The molecule has 0 radical (unpaired) electrons. The quantitative estimate of drug-likeness (QED) is 0.347. The van der Waals surface area contributed by atoms with Crippen molar-refractivity contribution >= 4 is 46.7 Å². The number of nitrogens with zero attached hydrogens (tertiary/aromatic N) is 1. The highest BCUT2D eigenvalue weighted by Gasteiger charge is 2.13. The number of ether oxygens (including phenoxy) is 2. The Labute approximate surface area is 185 Å². The summed E-state index contributed by atoms with van der Waals surface area (Å²) in [7, 11) is 0. The third kappa shape index (κ3) is 5.89. The molecule has 3 aromatic rings. The molecule has 0 saturated heterocycles. The van der Waals surface area contributed by atoms with E-state index < -0.39 is 0 Å². The SMILES string of the molecule is CCOc1cc(C=Nc2cc(Cl)ccc2C)cc(Cl)c1OCc1cccc(Cl)c1. The van der Waals surface area contributed by atoms with E-state index >= 15 is 0 Å². The smallest absolute Gasteiger partial charge is 0.180 e. The molecule has 3 nitrogen and oxygen atoms in total. The van der Waals surface area contributed by atoms with Gasteiger partial charge in [-0.15, -0.1) is 0 Å². The van der Waals surface area contributed by atoms with Gasteiger partial charge in [0, 0.05) is 16.3 Å². The Bertz CT molecular complexity index is 1030. The topological polar surface area (TPSA) is 30.8 Å². The van der Waals surface area contributed by atoms with E-state index in [-0.39, 0.29) is 0 Å². The van der Waals surface area contributed by atoms with Crippen molar-refractivity contribution < 1.29 is 9.47 Å². The fourth-order valence-corrected chi connectivity index (χ4v) is 3.37. The number of hydrogen-bond donors (Lipinski definition) is 0. The number of aryl methyl sites for hydroxylation is 1. The molecule has 6 heteroatoms. The average molecular weight is 449 g/mol. The summed E-state index contributed by atoms with van der Waals surface area (Å²) in [5.74, 6) is 1.05. The lowest BCUT2D eigenvalue weighted by Crippen LogP contribution is -2.01. The predicted molar refractivity (Wildman–Crippen MR) is 122 cm³/mol. The number of hydrogen-bond acceptors (Lipinski definition) is 3. The minimum Gasteiger partial charge on any atom is -0.490 e. The monoisotopic (exact) mass is 447 g/mol. The first-order valence-electron chi connectivity index (χ1n) is 9.10. The average Bonchev–Trinajstić information content (AvgIpc) is 2.68. The summed E-state index contributed by atoms with van der Waals surface area (Å²) >= 11 is 18.6. The van der Waals surface area contributed by atoms with Crippen LogP contribution in [0.4, 0.5) is 5.69 Å². The molecule has 0 atom stereocenters. The van der Waals surface area contributed by atoms with Crippen molar-refractivity contribution in [1.82, 2.24) is 0 Å². The van der Waals surface area contributed by atoms with Crippen molar-refractivity contribution in [3.8, 4) is 11.5 Å². The molecule has 0 saturated carbocycles. The van der Waals surface area contributed by atoms with Crippen LogP contribution in [0.1, 0.15) is 23.6 Å². The minimum atomic E-state index is 0.329. The number of halogens is 3. The number of benzene rings is 3. The van der Waals surface area contributed by atoms with Crippen LogP contribution in [0, 0.1) is 6.92 Å². The van der Waals surface area contributed by atoms with Crippen molar-refractivity contribution in [1.29, 1.82) is 0 Å². The molecule has 0 unspecified atom stereocenters. The van der Waals surface area contributed by atoms with Crippen LogP contribution >= 0.6 is 34.8 Å². The molecule has 0 aliphatic carbocycles. The van der Waals surface area contributed by atoms with Gasteiger partial charge in [0.1, 0.15) is 6.61 Å². The third-order valence-electron chi connectivity index (χ3n) is 4.13. The summed E-state index contributed by atoms with van der Waals surface area (Å²) in [6.07, 6.45) is 1.73. The van der Waals surface area contributed by atoms with E-state index in [1.165, 1.54) is 0 Å². The Kier molecular flexibility index (Phi) is 7.43. The second-order valence-corrected chi connectivity index (χ2v) is 7.65. The summed E-state index contributed by atoms with van der Waals surface area (Å²) in [5, 5.41) is 1.74. The molecule has 0 spiro atoms. The molecule has 29 heavy (non-hydrogen) atoms. The van der Waals surface area contributed by atoms with Crippen molar-refractivity contribution in [2.45, 2.75) is 20.5 Å². The van der Waals surface area contributed by atoms with Crippen molar-refractivity contribution in [3.63, 3.8) is 0 Å². The molecule has 3 rings (SSSR count). The first kappa shape index (κ1) is 21.5. The minimum absolute atomic E-state index is 0.329. The summed E-state index contributed by atoms with van der Waals surface area (Å²) in [6.45, 7) is 4.70. The highest BCUT2D eigenvalue weighted by Crippen LogP contribution is 2.37. The highest BCUT2D eigenvalue weighted by atomic mass is 35.5. The van der Waals surface area contributed by atoms with E-state index in [9.17, 15) is 0 Å². The molecule has 0 amide bonds. The molecular formula is C23H20Cl3NO2. The second kappa shape index (κ2) is 10.0. The lowest BCUT2D eigenvalue weighted by Gasteiger charge is -2.14. The maximum absolute atomic E-state index is 6.49. The van der Waals surface area contributed by atoms with Gasteiger partial charge in [0.25, 0.3) is 0 Å². The Morgan fingerprint density at radius 2 is 1.72 bits per heavy atom. The molecule has 0 aliphatic rings. The predicted octanol–water partition coefficient (Wildman–Crippen LogP) is 7.68. The lowest BCUT2D eigenvalue weighted by atomic mass is 10.2. The van der Waals surface area contributed by atoms with E-state index in [0.717, 1.165) is 22.4 Å². The fourth-order valence-electron chi connectivity index (χ4n) is 2.71. The molecular weight excluding hydrogens is 429 g/mol. The molecule has 0 N–H and O–H groups in total. The maximum atomic E-state index is 6.49. The zero-order valence-corrected chi connectivity index (χ0v) is 18.4. The van der Waals surface area contributed by atoms with Crippen molar-refractivity contribution in [2.75, 3.05) is 6.61 Å². The van der Waals surface area contributed by atoms with Crippen molar-refractivity contribution in [2.24, 2.45) is 4.99 Å². The van der Waals surface area contributed by atoms with Gasteiger partial charge in [-0.1, -0.05) is 53.0 Å². The fraction of sp³-hybridized carbons (Fsp3) is 0.174. The first-order chi connectivity index (χ1) is 14.0. The van der Waals surface area contributed by atoms with Crippen LogP contribution < -0.4 is 9.47 Å². The Morgan fingerprint density at radius 3 is 2.48 bits per heavy atom. The van der Waals surface area contributed by atoms with E-state index in [0.29, 0.717) is 39.8 Å². The van der Waals surface area contributed by atoms with Crippen LogP contribution in [0.5, 0.6) is 11.5 Å². The largest absolute Gasteiger partial charge is 0.490 e. The van der Waals surface area contributed by atoms with Crippen LogP contribution in [-0.4, -0.2) is 12.8 Å². The van der Waals surface area contributed by atoms with Gasteiger partial charge in [-0.2, -0.15) is 0 Å². The van der Waals surface area contributed by atoms with Gasteiger partial charge in [0.05, 0.1) is 17.3 Å². The molecule has 0 fully saturated rings. The summed E-state index contributed by atoms with van der Waals surface area (Å²) in [4.78, 5) is 4.53. The second-order valence-electron chi connectivity index (χ2n) is 6.37. The number of aliphatic imine (C=N–C) groups is 1. The number of rotatable bonds is 7. The van der Waals surface area contributed by atoms with Gasteiger partial charge in [0.15, 0.2) is 11.5 Å². The normalized spacial score (nSPS) is 11.1. The Hall–Kier alpha value is -2.20. The van der Waals surface area contributed by atoms with E-state index in [1.54, 1.807) is 12.3 Å².